The van der Waals surface area contributed by atoms with Gasteiger partial charge in [0.05, 0.1) is 11.7 Å². The van der Waals surface area contributed by atoms with Gasteiger partial charge in [0.2, 0.25) is 0 Å². The van der Waals surface area contributed by atoms with Gasteiger partial charge < -0.3 is 20.1 Å². The van der Waals surface area contributed by atoms with Crippen LogP contribution in [-0.2, 0) is 9.53 Å². The molecule has 0 unspecified atom stereocenters. The van der Waals surface area contributed by atoms with Crippen molar-refractivity contribution in [3.63, 3.8) is 0 Å². The molecule has 1 aliphatic heterocycles. The summed E-state index contributed by atoms with van der Waals surface area (Å²) >= 11 is 0. The van der Waals surface area contributed by atoms with E-state index in [0.29, 0.717) is 26.1 Å². The van der Waals surface area contributed by atoms with E-state index in [9.17, 15) is 9.59 Å². The van der Waals surface area contributed by atoms with Crippen molar-refractivity contribution in [1.29, 1.82) is 0 Å². The third-order valence-corrected chi connectivity index (χ3v) is 3.09. The average molecular weight is 286 g/mol. The molecule has 116 valence electrons. The number of nitrogens with zero attached hydrogens (tertiary/aromatic N) is 1. The highest BCUT2D eigenvalue weighted by molar-refractivity contribution is 5.74. The summed E-state index contributed by atoms with van der Waals surface area (Å²) in [6.45, 7) is 7.89. The second kappa shape index (κ2) is 7.47. The van der Waals surface area contributed by atoms with Gasteiger partial charge in [-0.3, -0.25) is 4.79 Å². The van der Waals surface area contributed by atoms with E-state index in [1.807, 2.05) is 20.8 Å². The third-order valence-electron chi connectivity index (χ3n) is 3.09. The molecule has 1 aliphatic rings. The lowest BCUT2D eigenvalue weighted by molar-refractivity contribution is -0.137. The van der Waals surface area contributed by atoms with E-state index in [0.717, 1.165) is 12.8 Å². The fourth-order valence-electron chi connectivity index (χ4n) is 2.22. The summed E-state index contributed by atoms with van der Waals surface area (Å²) in [5.74, 6) is -0.834. The van der Waals surface area contributed by atoms with Crippen molar-refractivity contribution in [1.82, 2.24) is 10.2 Å². The lowest BCUT2D eigenvalue weighted by Gasteiger charge is -2.35. The molecular weight excluding hydrogens is 260 g/mol. The van der Waals surface area contributed by atoms with Crippen LogP contribution in [0.25, 0.3) is 0 Å². The van der Waals surface area contributed by atoms with Crippen molar-refractivity contribution >= 4 is 12.0 Å². The van der Waals surface area contributed by atoms with Crippen molar-refractivity contribution in [3.8, 4) is 0 Å². The van der Waals surface area contributed by atoms with Crippen molar-refractivity contribution in [2.75, 3.05) is 19.6 Å². The second-order valence-electron chi connectivity index (χ2n) is 6.15. The monoisotopic (exact) mass is 286 g/mol. The Kier molecular flexibility index (Phi) is 6.26. The van der Waals surface area contributed by atoms with Crippen LogP contribution in [0.3, 0.4) is 0 Å². The van der Waals surface area contributed by atoms with Crippen LogP contribution in [0.15, 0.2) is 0 Å². The number of urea groups is 1. The molecule has 6 nitrogen and oxygen atoms in total. The molecule has 0 radical (unpaired) electrons. The minimum Gasteiger partial charge on any atom is -0.481 e. The Morgan fingerprint density at radius 1 is 1.30 bits per heavy atom. The number of carboxylic acid groups (broad SMARTS) is 1. The molecule has 0 atom stereocenters. The fraction of sp³-hybridized carbons (Fsp3) is 0.857. The first kappa shape index (κ1) is 16.8. The topological polar surface area (TPSA) is 78.9 Å². The van der Waals surface area contributed by atoms with Gasteiger partial charge in [-0.25, -0.2) is 4.79 Å². The molecule has 20 heavy (non-hydrogen) atoms. The smallest absolute Gasteiger partial charge is 0.317 e. The van der Waals surface area contributed by atoms with E-state index < -0.39 is 5.97 Å². The molecule has 0 spiro atoms. The van der Waals surface area contributed by atoms with Gasteiger partial charge in [-0.15, -0.1) is 0 Å². The second-order valence-corrected chi connectivity index (χ2v) is 6.15. The molecule has 1 saturated heterocycles. The summed E-state index contributed by atoms with van der Waals surface area (Å²) in [5.41, 5.74) is -0.147. The maximum Gasteiger partial charge on any atom is 0.317 e. The number of aliphatic carboxylic acids is 1. The SMILES string of the molecule is CC(C)(C)OC1CCN(C(=O)NCCCC(=O)O)CC1. The first-order valence-corrected chi connectivity index (χ1v) is 7.20. The molecule has 0 aromatic carbocycles. The first-order valence-electron chi connectivity index (χ1n) is 7.20. The Labute approximate surface area is 120 Å². The summed E-state index contributed by atoms with van der Waals surface area (Å²) in [6.07, 6.45) is 2.46. The largest absolute Gasteiger partial charge is 0.481 e. The zero-order chi connectivity index (χ0) is 15.2. The van der Waals surface area contributed by atoms with Gasteiger partial charge in [0.1, 0.15) is 0 Å². The number of ether oxygens (including phenoxy) is 1. The Bertz CT molecular complexity index is 331. The summed E-state index contributed by atoms with van der Waals surface area (Å²) in [4.78, 5) is 24.0. The van der Waals surface area contributed by atoms with Crippen molar-refractivity contribution in [2.45, 2.75) is 58.2 Å². The normalized spacial score (nSPS) is 17.1. The quantitative estimate of drug-likeness (QED) is 0.756. The number of hydrogen-bond donors (Lipinski definition) is 2. The van der Waals surface area contributed by atoms with Gasteiger partial charge in [0, 0.05) is 26.1 Å². The highest BCUT2D eigenvalue weighted by atomic mass is 16.5. The molecule has 6 heteroatoms. The Morgan fingerprint density at radius 3 is 2.40 bits per heavy atom. The van der Waals surface area contributed by atoms with Crippen LogP contribution in [0.1, 0.15) is 46.5 Å². The van der Waals surface area contributed by atoms with Crippen LogP contribution in [0, 0.1) is 0 Å². The fourth-order valence-corrected chi connectivity index (χ4v) is 2.22. The highest BCUT2D eigenvalue weighted by Gasteiger charge is 2.26. The van der Waals surface area contributed by atoms with E-state index in [-0.39, 0.29) is 24.2 Å². The molecule has 0 aliphatic carbocycles. The lowest BCUT2D eigenvalue weighted by atomic mass is 10.1. The Hall–Kier alpha value is -1.30. The standard InChI is InChI=1S/C14H26N2O4/c1-14(2,3)20-11-6-9-16(10-7-11)13(19)15-8-4-5-12(17)18/h11H,4-10H2,1-3H3,(H,15,19)(H,17,18). The molecule has 1 rings (SSSR count). The van der Waals surface area contributed by atoms with Crippen LogP contribution in [0.5, 0.6) is 0 Å². The van der Waals surface area contributed by atoms with Gasteiger partial charge in [-0.2, -0.15) is 0 Å². The third kappa shape index (κ3) is 6.75. The molecule has 2 N–H and O–H groups in total. The van der Waals surface area contributed by atoms with Crippen molar-refractivity contribution < 1.29 is 19.4 Å². The van der Waals surface area contributed by atoms with Gasteiger partial charge >= 0.3 is 12.0 Å². The number of amides is 2. The van der Waals surface area contributed by atoms with Crippen LogP contribution in [0.2, 0.25) is 0 Å². The van der Waals surface area contributed by atoms with Gasteiger partial charge in [0.15, 0.2) is 0 Å². The predicted molar refractivity (Wildman–Crippen MR) is 75.7 cm³/mol. The molecule has 1 heterocycles. The lowest BCUT2D eigenvalue weighted by Crippen LogP contribution is -2.47. The first-order chi connectivity index (χ1) is 9.28. The summed E-state index contributed by atoms with van der Waals surface area (Å²) in [6, 6.07) is -0.107. The number of likely N-dealkylation sites (tertiary alicyclic amines) is 1. The summed E-state index contributed by atoms with van der Waals surface area (Å²) in [5, 5.41) is 11.3. The highest BCUT2D eigenvalue weighted by Crippen LogP contribution is 2.20. The number of piperidine rings is 1. The van der Waals surface area contributed by atoms with E-state index >= 15 is 0 Å². The molecular formula is C14H26N2O4. The van der Waals surface area contributed by atoms with E-state index in [4.69, 9.17) is 9.84 Å². The summed E-state index contributed by atoms with van der Waals surface area (Å²) < 4.78 is 5.91. The van der Waals surface area contributed by atoms with E-state index in [2.05, 4.69) is 5.32 Å². The van der Waals surface area contributed by atoms with Crippen molar-refractivity contribution in [2.24, 2.45) is 0 Å². The Balaban J connectivity index is 2.20. The van der Waals surface area contributed by atoms with Crippen LogP contribution < -0.4 is 5.32 Å². The van der Waals surface area contributed by atoms with Crippen LogP contribution >= 0.6 is 0 Å². The zero-order valence-electron chi connectivity index (χ0n) is 12.6. The molecule has 2 amide bonds. The van der Waals surface area contributed by atoms with Crippen LogP contribution in [-0.4, -0.2) is 53.3 Å². The number of nitrogens with one attached hydrogen (secondary N) is 1. The maximum atomic E-state index is 11.9. The number of carbonyl (C=O) groups is 2. The number of carboxylic acids is 1. The zero-order valence-corrected chi connectivity index (χ0v) is 12.6. The minimum atomic E-state index is -0.834. The summed E-state index contributed by atoms with van der Waals surface area (Å²) in [7, 11) is 0. The molecule has 0 aromatic rings. The number of hydrogen-bond acceptors (Lipinski definition) is 3. The average Bonchev–Trinajstić information content (AvgIpc) is 2.33. The molecule has 0 saturated carbocycles. The molecule has 0 aromatic heterocycles. The van der Waals surface area contributed by atoms with E-state index in [1.165, 1.54) is 0 Å². The van der Waals surface area contributed by atoms with Gasteiger partial charge in [-0.05, 0) is 40.0 Å². The van der Waals surface area contributed by atoms with Crippen LogP contribution in [0.4, 0.5) is 4.79 Å². The molecule has 1 fully saturated rings. The minimum absolute atomic E-state index is 0.0851. The maximum absolute atomic E-state index is 11.9. The molecule has 0 bridgehead atoms. The van der Waals surface area contributed by atoms with Gasteiger partial charge in [-0.1, -0.05) is 0 Å². The van der Waals surface area contributed by atoms with Crippen molar-refractivity contribution in [3.05, 3.63) is 0 Å². The number of rotatable bonds is 5. The predicted octanol–water partition coefficient (Wildman–Crippen LogP) is 1.84. The van der Waals surface area contributed by atoms with Gasteiger partial charge in [0.25, 0.3) is 0 Å². The number of carbonyl (C=O) groups excluding carboxylic acids is 1. The van der Waals surface area contributed by atoms with E-state index in [1.54, 1.807) is 4.90 Å². The Morgan fingerprint density at radius 2 is 1.90 bits per heavy atom.